The molecule has 0 aliphatic heterocycles. The summed E-state index contributed by atoms with van der Waals surface area (Å²) >= 11 is 0. The van der Waals surface area contributed by atoms with Crippen molar-refractivity contribution in [1.29, 1.82) is 0 Å². The first kappa shape index (κ1) is 11.4. The van der Waals surface area contributed by atoms with E-state index in [1.54, 1.807) is 0 Å². The molecule has 0 amide bonds. The average Bonchev–Trinajstić information content (AvgIpc) is 2.58. The van der Waals surface area contributed by atoms with E-state index in [-0.39, 0.29) is 5.54 Å². The summed E-state index contributed by atoms with van der Waals surface area (Å²) in [5.74, 6) is 0. The highest BCUT2D eigenvalue weighted by Gasteiger charge is 2.20. The normalized spacial score (nSPS) is 16.9. The Labute approximate surface area is 98.6 Å². The molecule has 0 saturated carbocycles. The van der Waals surface area contributed by atoms with Gasteiger partial charge in [-0.1, -0.05) is 30.3 Å². The molecule has 1 aromatic carbocycles. The summed E-state index contributed by atoms with van der Waals surface area (Å²) < 4.78 is 0. The third kappa shape index (κ3) is 2.53. The SMILES string of the molecule is CC(NC(C)(C)C)C1=Cc2ccccc2C1. The van der Waals surface area contributed by atoms with E-state index in [0.717, 1.165) is 6.42 Å². The summed E-state index contributed by atoms with van der Waals surface area (Å²) in [6, 6.07) is 9.11. The highest BCUT2D eigenvalue weighted by atomic mass is 15.0. The summed E-state index contributed by atoms with van der Waals surface area (Å²) in [5, 5.41) is 3.63. The van der Waals surface area contributed by atoms with Gasteiger partial charge in [-0.2, -0.15) is 0 Å². The van der Waals surface area contributed by atoms with Crippen LogP contribution in [0.25, 0.3) is 6.08 Å². The van der Waals surface area contributed by atoms with Gasteiger partial charge in [-0.15, -0.1) is 0 Å². The lowest BCUT2D eigenvalue weighted by molar-refractivity contribution is 0.394. The molecule has 1 heteroatoms. The van der Waals surface area contributed by atoms with Gasteiger partial charge in [0.1, 0.15) is 0 Å². The second-order valence-corrected chi connectivity index (χ2v) is 5.71. The molecule has 16 heavy (non-hydrogen) atoms. The minimum absolute atomic E-state index is 0.176. The monoisotopic (exact) mass is 215 g/mol. The first-order valence-electron chi connectivity index (χ1n) is 6.02. The van der Waals surface area contributed by atoms with Crippen molar-refractivity contribution in [1.82, 2.24) is 5.32 Å². The lowest BCUT2D eigenvalue weighted by atomic mass is 10.0. The van der Waals surface area contributed by atoms with Crippen LogP contribution in [0, 0.1) is 0 Å². The lowest BCUT2D eigenvalue weighted by Crippen LogP contribution is -2.43. The third-order valence-electron chi connectivity index (χ3n) is 3.00. The Morgan fingerprint density at radius 1 is 1.19 bits per heavy atom. The van der Waals surface area contributed by atoms with Crippen molar-refractivity contribution in [3.63, 3.8) is 0 Å². The predicted molar refractivity (Wildman–Crippen MR) is 70.5 cm³/mol. The maximum Gasteiger partial charge on any atom is 0.0262 e. The van der Waals surface area contributed by atoms with Crippen LogP contribution in [0.15, 0.2) is 29.8 Å². The van der Waals surface area contributed by atoms with Crippen LogP contribution in [0.4, 0.5) is 0 Å². The third-order valence-corrected chi connectivity index (χ3v) is 3.00. The second-order valence-electron chi connectivity index (χ2n) is 5.71. The molecular formula is C15H21N. The minimum atomic E-state index is 0.176. The van der Waals surface area contributed by atoms with E-state index >= 15 is 0 Å². The van der Waals surface area contributed by atoms with Crippen molar-refractivity contribution in [2.24, 2.45) is 0 Å². The summed E-state index contributed by atoms with van der Waals surface area (Å²) in [5.41, 5.74) is 4.52. The average molecular weight is 215 g/mol. The predicted octanol–water partition coefficient (Wildman–Crippen LogP) is 3.40. The molecule has 0 radical (unpaired) electrons. The number of nitrogens with one attached hydrogen (secondary N) is 1. The van der Waals surface area contributed by atoms with E-state index < -0.39 is 0 Å². The smallest absolute Gasteiger partial charge is 0.0262 e. The van der Waals surface area contributed by atoms with Crippen LogP contribution < -0.4 is 5.32 Å². The van der Waals surface area contributed by atoms with Crippen molar-refractivity contribution in [3.8, 4) is 0 Å². The molecule has 1 aliphatic rings. The number of benzene rings is 1. The Balaban J connectivity index is 2.10. The van der Waals surface area contributed by atoms with E-state index in [1.807, 2.05) is 0 Å². The molecule has 0 spiro atoms. The van der Waals surface area contributed by atoms with Gasteiger partial charge in [-0.05, 0) is 50.8 Å². The van der Waals surface area contributed by atoms with Crippen molar-refractivity contribution < 1.29 is 0 Å². The van der Waals surface area contributed by atoms with Crippen molar-refractivity contribution in [2.45, 2.75) is 45.7 Å². The zero-order valence-electron chi connectivity index (χ0n) is 10.7. The molecule has 1 atom stereocenters. The highest BCUT2D eigenvalue weighted by molar-refractivity contribution is 5.64. The maximum absolute atomic E-state index is 3.63. The van der Waals surface area contributed by atoms with Crippen LogP contribution in [-0.4, -0.2) is 11.6 Å². The first-order chi connectivity index (χ1) is 7.46. The van der Waals surface area contributed by atoms with Crippen LogP contribution in [0.3, 0.4) is 0 Å². The Kier molecular flexibility index (Phi) is 2.90. The summed E-state index contributed by atoms with van der Waals surface area (Å²) in [7, 11) is 0. The molecule has 2 rings (SSSR count). The summed E-state index contributed by atoms with van der Waals surface area (Å²) in [4.78, 5) is 0. The van der Waals surface area contributed by atoms with Gasteiger partial charge in [0.25, 0.3) is 0 Å². The zero-order valence-corrected chi connectivity index (χ0v) is 10.7. The fraction of sp³-hybridized carbons (Fsp3) is 0.467. The molecule has 0 fully saturated rings. The van der Waals surface area contributed by atoms with E-state index in [4.69, 9.17) is 0 Å². The Hall–Kier alpha value is -1.08. The van der Waals surface area contributed by atoms with Crippen LogP contribution in [0.5, 0.6) is 0 Å². The van der Waals surface area contributed by atoms with Gasteiger partial charge in [-0.25, -0.2) is 0 Å². The number of rotatable bonds is 2. The lowest BCUT2D eigenvalue weighted by Gasteiger charge is -2.27. The van der Waals surface area contributed by atoms with Gasteiger partial charge in [0.05, 0.1) is 0 Å². The standard InChI is InChI=1S/C15H21N/c1-11(16-15(2,3)4)14-9-12-7-5-6-8-13(12)10-14/h5-9,11,16H,10H2,1-4H3. The molecule has 0 bridgehead atoms. The number of hydrogen-bond acceptors (Lipinski definition) is 1. The molecule has 1 N–H and O–H groups in total. The van der Waals surface area contributed by atoms with Crippen molar-refractivity contribution in [2.75, 3.05) is 0 Å². The van der Waals surface area contributed by atoms with Crippen LogP contribution in [0.2, 0.25) is 0 Å². The van der Waals surface area contributed by atoms with Gasteiger partial charge in [0.15, 0.2) is 0 Å². The quantitative estimate of drug-likeness (QED) is 0.797. The van der Waals surface area contributed by atoms with E-state index in [1.165, 1.54) is 16.7 Å². The molecule has 0 aromatic heterocycles. The van der Waals surface area contributed by atoms with E-state index in [2.05, 4.69) is 63.4 Å². The first-order valence-corrected chi connectivity index (χ1v) is 6.02. The van der Waals surface area contributed by atoms with Gasteiger partial charge in [0, 0.05) is 11.6 Å². The molecule has 86 valence electrons. The summed E-state index contributed by atoms with van der Waals surface area (Å²) in [6.45, 7) is 8.90. The molecule has 1 aliphatic carbocycles. The minimum Gasteiger partial charge on any atom is -0.306 e. The highest BCUT2D eigenvalue weighted by Crippen LogP contribution is 2.27. The Morgan fingerprint density at radius 2 is 1.88 bits per heavy atom. The largest absolute Gasteiger partial charge is 0.306 e. The maximum atomic E-state index is 3.63. The fourth-order valence-electron chi connectivity index (χ4n) is 2.33. The van der Waals surface area contributed by atoms with Crippen molar-refractivity contribution in [3.05, 3.63) is 41.0 Å². The Bertz CT molecular complexity index is 410. The molecule has 0 heterocycles. The van der Waals surface area contributed by atoms with E-state index in [0.29, 0.717) is 6.04 Å². The van der Waals surface area contributed by atoms with Crippen molar-refractivity contribution >= 4 is 6.08 Å². The number of hydrogen-bond donors (Lipinski definition) is 1. The van der Waals surface area contributed by atoms with Gasteiger partial charge in [0.2, 0.25) is 0 Å². The Morgan fingerprint density at radius 3 is 2.50 bits per heavy atom. The van der Waals surface area contributed by atoms with Gasteiger partial charge in [-0.3, -0.25) is 0 Å². The molecule has 0 saturated heterocycles. The zero-order chi connectivity index (χ0) is 11.8. The molecule has 1 aromatic rings. The second kappa shape index (κ2) is 4.06. The van der Waals surface area contributed by atoms with Crippen LogP contribution >= 0.6 is 0 Å². The van der Waals surface area contributed by atoms with Gasteiger partial charge >= 0.3 is 0 Å². The molecular weight excluding hydrogens is 194 g/mol. The van der Waals surface area contributed by atoms with Gasteiger partial charge < -0.3 is 5.32 Å². The molecule has 1 nitrogen and oxygen atoms in total. The topological polar surface area (TPSA) is 12.0 Å². The number of fused-ring (bicyclic) bond motifs is 1. The fourth-order valence-corrected chi connectivity index (χ4v) is 2.33. The van der Waals surface area contributed by atoms with E-state index in [9.17, 15) is 0 Å². The molecule has 1 unspecified atom stereocenters. The van der Waals surface area contributed by atoms with Crippen LogP contribution in [-0.2, 0) is 6.42 Å². The summed E-state index contributed by atoms with van der Waals surface area (Å²) in [6.07, 6.45) is 3.43. The van der Waals surface area contributed by atoms with Crippen LogP contribution in [0.1, 0.15) is 38.8 Å².